The van der Waals surface area contributed by atoms with Gasteiger partial charge in [-0.3, -0.25) is 5.43 Å². The van der Waals surface area contributed by atoms with Crippen molar-refractivity contribution in [3.63, 3.8) is 0 Å². The standard InChI is InChI=1S/C21H32N6OS/c1-5-16-17(18-9-6-10-19(25-18)28-14(2)3)13-23-20(16)27(4)26-21(29)24-15-8-7-11-22-12-15/h5-6,9-10,13-16,20,22-23H,1,7-8,11-12H2,2-4H3,(H2,24,26,29). The molecule has 1 aromatic rings. The molecule has 3 rings (SSSR count). The zero-order chi connectivity index (χ0) is 20.8. The van der Waals surface area contributed by atoms with Crippen LogP contribution in [0.4, 0.5) is 0 Å². The van der Waals surface area contributed by atoms with Crippen molar-refractivity contribution in [1.82, 2.24) is 31.4 Å². The van der Waals surface area contributed by atoms with Crippen molar-refractivity contribution in [3.05, 3.63) is 42.7 Å². The van der Waals surface area contributed by atoms with Gasteiger partial charge in [0, 0.05) is 43.4 Å². The molecule has 2 aliphatic heterocycles. The van der Waals surface area contributed by atoms with Gasteiger partial charge in [0.2, 0.25) is 5.88 Å². The molecule has 8 heteroatoms. The molecule has 1 aromatic heterocycles. The minimum atomic E-state index is -0.0248. The van der Waals surface area contributed by atoms with Gasteiger partial charge in [-0.05, 0) is 51.5 Å². The number of thiocarbonyl (C=S) groups is 1. The first-order valence-electron chi connectivity index (χ1n) is 10.2. The van der Waals surface area contributed by atoms with E-state index < -0.39 is 0 Å². The molecule has 2 aliphatic rings. The molecule has 1 fully saturated rings. The normalized spacial score (nSPS) is 24.0. The van der Waals surface area contributed by atoms with Crippen molar-refractivity contribution in [2.75, 3.05) is 20.1 Å². The van der Waals surface area contributed by atoms with E-state index in [4.69, 9.17) is 17.0 Å². The molecular formula is C21H32N6OS. The summed E-state index contributed by atoms with van der Waals surface area (Å²) in [6.07, 6.45) is 6.29. The highest BCUT2D eigenvalue weighted by molar-refractivity contribution is 7.80. The molecule has 4 N–H and O–H groups in total. The van der Waals surface area contributed by atoms with Gasteiger partial charge in [-0.1, -0.05) is 12.1 Å². The Hall–Kier alpha value is -2.16. The van der Waals surface area contributed by atoms with Crippen LogP contribution in [0.5, 0.6) is 5.88 Å². The van der Waals surface area contributed by atoms with Crippen LogP contribution in [0, 0.1) is 5.92 Å². The van der Waals surface area contributed by atoms with E-state index in [1.165, 1.54) is 6.42 Å². The Morgan fingerprint density at radius 3 is 2.97 bits per heavy atom. The molecule has 1 saturated heterocycles. The number of ether oxygens (including phenoxy) is 1. The molecule has 0 bridgehead atoms. The van der Waals surface area contributed by atoms with Crippen molar-refractivity contribution >= 4 is 22.9 Å². The Kier molecular flexibility index (Phi) is 7.46. The summed E-state index contributed by atoms with van der Waals surface area (Å²) >= 11 is 5.51. The monoisotopic (exact) mass is 416 g/mol. The van der Waals surface area contributed by atoms with Crippen molar-refractivity contribution < 1.29 is 4.74 Å². The first-order chi connectivity index (χ1) is 14.0. The third-order valence-corrected chi connectivity index (χ3v) is 5.27. The van der Waals surface area contributed by atoms with Crippen molar-refractivity contribution in [1.29, 1.82) is 0 Å². The van der Waals surface area contributed by atoms with Gasteiger partial charge in [0.25, 0.3) is 0 Å². The first-order valence-corrected chi connectivity index (χ1v) is 10.6. The quantitative estimate of drug-likeness (QED) is 0.306. The highest BCUT2D eigenvalue weighted by atomic mass is 32.1. The number of nitrogens with zero attached hydrogens (tertiary/aromatic N) is 2. The molecule has 0 aromatic carbocycles. The highest BCUT2D eigenvalue weighted by Crippen LogP contribution is 2.31. The average molecular weight is 417 g/mol. The van der Waals surface area contributed by atoms with E-state index in [9.17, 15) is 0 Å². The molecule has 3 heterocycles. The maximum Gasteiger partial charge on any atom is 0.214 e. The molecule has 7 nitrogen and oxygen atoms in total. The van der Waals surface area contributed by atoms with Gasteiger partial charge >= 0.3 is 0 Å². The molecular weight excluding hydrogens is 384 g/mol. The summed E-state index contributed by atoms with van der Waals surface area (Å²) in [6, 6.07) is 6.21. The highest BCUT2D eigenvalue weighted by Gasteiger charge is 2.32. The van der Waals surface area contributed by atoms with Crippen LogP contribution in [-0.2, 0) is 0 Å². The summed E-state index contributed by atoms with van der Waals surface area (Å²) in [7, 11) is 1.98. The molecule has 158 valence electrons. The van der Waals surface area contributed by atoms with Gasteiger partial charge in [0.05, 0.1) is 11.8 Å². The van der Waals surface area contributed by atoms with Crippen LogP contribution in [0.1, 0.15) is 32.4 Å². The van der Waals surface area contributed by atoms with Gasteiger partial charge in [0.15, 0.2) is 5.11 Å². The fraction of sp³-hybridized carbons (Fsp3) is 0.524. The maximum atomic E-state index is 5.74. The fourth-order valence-electron chi connectivity index (χ4n) is 3.70. The van der Waals surface area contributed by atoms with Gasteiger partial charge < -0.3 is 20.7 Å². The summed E-state index contributed by atoms with van der Waals surface area (Å²) in [6.45, 7) is 10.1. The van der Waals surface area contributed by atoms with E-state index in [0.717, 1.165) is 30.8 Å². The zero-order valence-corrected chi connectivity index (χ0v) is 18.3. The predicted molar refractivity (Wildman–Crippen MR) is 121 cm³/mol. The third-order valence-electron chi connectivity index (χ3n) is 5.07. The Bertz CT molecular complexity index is 746. The van der Waals surface area contributed by atoms with Crippen LogP contribution in [0.2, 0.25) is 0 Å². The predicted octanol–water partition coefficient (Wildman–Crippen LogP) is 2.00. The van der Waals surface area contributed by atoms with Crippen LogP contribution in [0.3, 0.4) is 0 Å². The summed E-state index contributed by atoms with van der Waals surface area (Å²) in [5.41, 5.74) is 5.23. The number of nitrogens with one attached hydrogen (secondary N) is 4. The van der Waals surface area contributed by atoms with Crippen molar-refractivity contribution in [2.45, 2.75) is 45.0 Å². The Balaban J connectivity index is 1.62. The Morgan fingerprint density at radius 1 is 1.45 bits per heavy atom. The smallest absolute Gasteiger partial charge is 0.214 e. The van der Waals surface area contributed by atoms with Gasteiger partial charge in [-0.2, -0.15) is 0 Å². The largest absolute Gasteiger partial charge is 0.475 e. The third kappa shape index (κ3) is 5.68. The van der Waals surface area contributed by atoms with E-state index in [0.29, 0.717) is 17.0 Å². The maximum absolute atomic E-state index is 5.74. The number of rotatable bonds is 7. The van der Waals surface area contributed by atoms with Gasteiger partial charge in [-0.15, -0.1) is 6.58 Å². The van der Waals surface area contributed by atoms with E-state index in [1.807, 2.05) is 56.4 Å². The summed E-state index contributed by atoms with van der Waals surface area (Å²) < 4.78 is 5.74. The van der Waals surface area contributed by atoms with Crippen LogP contribution in [0.25, 0.3) is 5.57 Å². The Morgan fingerprint density at radius 2 is 2.28 bits per heavy atom. The van der Waals surface area contributed by atoms with E-state index in [-0.39, 0.29) is 18.2 Å². The molecule has 0 amide bonds. The Labute approximate surface area is 179 Å². The minimum absolute atomic E-state index is 0.0248. The average Bonchev–Trinajstić information content (AvgIpc) is 3.12. The minimum Gasteiger partial charge on any atom is -0.475 e. The summed E-state index contributed by atoms with van der Waals surface area (Å²) in [4.78, 5) is 4.66. The van der Waals surface area contributed by atoms with Gasteiger partial charge in [-0.25, -0.2) is 9.99 Å². The SMILES string of the molecule is C=CC1C(c2cccc(OC(C)C)n2)=CNC1N(C)NC(=S)NC1CCCNC1. The topological polar surface area (TPSA) is 73.5 Å². The van der Waals surface area contributed by atoms with Crippen LogP contribution < -0.4 is 26.1 Å². The lowest BCUT2D eigenvalue weighted by Gasteiger charge is -2.32. The van der Waals surface area contributed by atoms with Crippen LogP contribution in [-0.4, -0.2) is 53.6 Å². The second kappa shape index (κ2) is 10.0. The van der Waals surface area contributed by atoms with Crippen LogP contribution >= 0.6 is 12.2 Å². The van der Waals surface area contributed by atoms with E-state index in [2.05, 4.69) is 32.9 Å². The zero-order valence-electron chi connectivity index (χ0n) is 17.4. The lowest BCUT2D eigenvalue weighted by Crippen LogP contribution is -2.57. The molecule has 29 heavy (non-hydrogen) atoms. The van der Waals surface area contributed by atoms with E-state index >= 15 is 0 Å². The lowest BCUT2D eigenvalue weighted by molar-refractivity contribution is 0.172. The van der Waals surface area contributed by atoms with Gasteiger partial charge in [0.1, 0.15) is 6.17 Å². The summed E-state index contributed by atoms with van der Waals surface area (Å²) in [5, 5.41) is 12.8. The molecule has 3 unspecified atom stereocenters. The van der Waals surface area contributed by atoms with Crippen molar-refractivity contribution in [3.8, 4) is 5.88 Å². The molecule has 3 atom stereocenters. The summed E-state index contributed by atoms with van der Waals surface area (Å²) in [5.74, 6) is 0.677. The fourth-order valence-corrected chi connectivity index (χ4v) is 4.01. The molecule has 0 spiro atoms. The molecule has 0 saturated carbocycles. The number of hydrogen-bond acceptors (Lipinski definition) is 6. The number of hydrazine groups is 1. The number of hydrogen-bond donors (Lipinski definition) is 4. The molecule has 0 aliphatic carbocycles. The molecule has 0 radical (unpaired) electrons. The second-order valence-corrected chi connectivity index (χ2v) is 8.15. The number of aromatic nitrogens is 1. The number of piperidine rings is 1. The van der Waals surface area contributed by atoms with Crippen LogP contribution in [0.15, 0.2) is 37.1 Å². The second-order valence-electron chi connectivity index (χ2n) is 7.74. The number of pyridine rings is 1. The van der Waals surface area contributed by atoms with Crippen molar-refractivity contribution in [2.24, 2.45) is 5.92 Å². The lowest BCUT2D eigenvalue weighted by atomic mass is 9.96. The van der Waals surface area contributed by atoms with E-state index in [1.54, 1.807) is 0 Å². The first kappa shape index (κ1) is 21.5.